The Labute approximate surface area is 138 Å². The van der Waals surface area contributed by atoms with Crippen LogP contribution in [-0.4, -0.2) is 9.97 Å². The highest BCUT2D eigenvalue weighted by Crippen LogP contribution is 2.27. The normalized spacial score (nSPS) is 11.0. The summed E-state index contributed by atoms with van der Waals surface area (Å²) in [5, 5.41) is 0. The Hall–Kier alpha value is -2.59. The molecule has 4 heteroatoms. The molecule has 0 spiro atoms. The van der Waals surface area contributed by atoms with Crippen molar-refractivity contribution in [3.8, 4) is 0 Å². The summed E-state index contributed by atoms with van der Waals surface area (Å²) in [7, 11) is 0. The molecular weight excluding hydrogens is 304 g/mol. The standard InChI is InChI=1S/C19H14N2OS/c1-2-4-18-17(3-1)21-19(22-18)13-14-5-7-15(8-6-14)23-16-9-11-20-12-10-16/h1-12H,13H2. The Bertz CT molecular complexity index is 884. The fourth-order valence-corrected chi connectivity index (χ4v) is 3.19. The van der Waals surface area contributed by atoms with E-state index in [2.05, 4.69) is 34.2 Å². The summed E-state index contributed by atoms with van der Waals surface area (Å²) in [5.41, 5.74) is 2.94. The number of pyridine rings is 1. The minimum atomic E-state index is 0.703. The zero-order valence-electron chi connectivity index (χ0n) is 12.3. The molecule has 0 fully saturated rings. The quantitative estimate of drug-likeness (QED) is 0.533. The van der Waals surface area contributed by atoms with Crippen LogP contribution in [0.25, 0.3) is 11.1 Å². The molecule has 0 aliphatic carbocycles. The van der Waals surface area contributed by atoms with E-state index in [1.165, 1.54) is 15.4 Å². The lowest BCUT2D eigenvalue weighted by Gasteiger charge is -2.02. The van der Waals surface area contributed by atoms with E-state index in [9.17, 15) is 0 Å². The van der Waals surface area contributed by atoms with Gasteiger partial charge in [-0.15, -0.1) is 0 Å². The average Bonchev–Trinajstić information content (AvgIpc) is 3.00. The maximum atomic E-state index is 5.77. The summed E-state index contributed by atoms with van der Waals surface area (Å²) < 4.78 is 5.77. The van der Waals surface area contributed by atoms with Gasteiger partial charge in [-0.3, -0.25) is 4.98 Å². The highest BCUT2D eigenvalue weighted by molar-refractivity contribution is 7.99. The molecule has 0 unspecified atom stereocenters. The zero-order valence-corrected chi connectivity index (χ0v) is 13.2. The maximum absolute atomic E-state index is 5.77. The van der Waals surface area contributed by atoms with E-state index >= 15 is 0 Å². The van der Waals surface area contributed by atoms with Gasteiger partial charge >= 0.3 is 0 Å². The summed E-state index contributed by atoms with van der Waals surface area (Å²) in [4.78, 5) is 10.9. The molecule has 3 nitrogen and oxygen atoms in total. The lowest BCUT2D eigenvalue weighted by atomic mass is 10.1. The smallest absolute Gasteiger partial charge is 0.199 e. The van der Waals surface area contributed by atoms with Gasteiger partial charge in [-0.1, -0.05) is 36.0 Å². The number of benzene rings is 2. The SMILES string of the molecule is c1ccc2oc(Cc3ccc(Sc4ccncc4)cc3)nc2c1. The number of hydrogen-bond donors (Lipinski definition) is 0. The number of nitrogens with zero attached hydrogens (tertiary/aromatic N) is 2. The van der Waals surface area contributed by atoms with Crippen molar-refractivity contribution in [2.45, 2.75) is 16.2 Å². The van der Waals surface area contributed by atoms with Gasteiger partial charge in [0.1, 0.15) is 5.52 Å². The highest BCUT2D eigenvalue weighted by atomic mass is 32.2. The van der Waals surface area contributed by atoms with Crippen molar-refractivity contribution in [2.75, 3.05) is 0 Å². The lowest BCUT2D eigenvalue weighted by Crippen LogP contribution is -1.87. The van der Waals surface area contributed by atoms with Crippen LogP contribution in [0, 0.1) is 0 Å². The Morgan fingerprint density at radius 1 is 0.826 bits per heavy atom. The summed E-state index contributed by atoms with van der Waals surface area (Å²) >= 11 is 1.73. The molecular formula is C19H14N2OS. The molecule has 0 aliphatic heterocycles. The van der Waals surface area contributed by atoms with Gasteiger partial charge in [-0.05, 0) is 42.0 Å². The first-order valence-corrected chi connectivity index (χ1v) is 8.20. The van der Waals surface area contributed by atoms with Crippen LogP contribution in [0.3, 0.4) is 0 Å². The van der Waals surface area contributed by atoms with Gasteiger partial charge in [0, 0.05) is 28.6 Å². The van der Waals surface area contributed by atoms with E-state index in [1.807, 2.05) is 48.8 Å². The van der Waals surface area contributed by atoms with Crippen molar-refractivity contribution in [2.24, 2.45) is 0 Å². The van der Waals surface area contributed by atoms with Gasteiger partial charge in [-0.2, -0.15) is 0 Å². The fraction of sp³-hybridized carbons (Fsp3) is 0.0526. The van der Waals surface area contributed by atoms with Crippen molar-refractivity contribution in [1.82, 2.24) is 9.97 Å². The van der Waals surface area contributed by atoms with Crippen LogP contribution in [-0.2, 0) is 6.42 Å². The van der Waals surface area contributed by atoms with Crippen LogP contribution in [0.5, 0.6) is 0 Å². The molecule has 0 radical (unpaired) electrons. The molecule has 2 heterocycles. The predicted molar refractivity (Wildman–Crippen MR) is 91.6 cm³/mol. The third-order valence-corrected chi connectivity index (χ3v) is 4.52. The zero-order chi connectivity index (χ0) is 15.5. The van der Waals surface area contributed by atoms with Crippen molar-refractivity contribution in [3.05, 3.63) is 84.5 Å². The average molecular weight is 318 g/mol. The van der Waals surface area contributed by atoms with Gasteiger partial charge in [-0.25, -0.2) is 4.98 Å². The lowest BCUT2D eigenvalue weighted by molar-refractivity contribution is 0.544. The van der Waals surface area contributed by atoms with Crippen molar-refractivity contribution >= 4 is 22.9 Å². The maximum Gasteiger partial charge on any atom is 0.199 e. The van der Waals surface area contributed by atoms with Crippen LogP contribution >= 0.6 is 11.8 Å². The molecule has 23 heavy (non-hydrogen) atoms. The number of rotatable bonds is 4. The van der Waals surface area contributed by atoms with E-state index in [0.717, 1.165) is 17.0 Å². The second kappa shape index (κ2) is 6.26. The van der Waals surface area contributed by atoms with Gasteiger partial charge < -0.3 is 4.42 Å². The second-order valence-electron chi connectivity index (χ2n) is 5.18. The molecule has 112 valence electrons. The van der Waals surface area contributed by atoms with E-state index in [4.69, 9.17) is 4.42 Å². The van der Waals surface area contributed by atoms with Gasteiger partial charge in [0.05, 0.1) is 0 Å². The van der Waals surface area contributed by atoms with Crippen LogP contribution in [0.15, 0.2) is 87.3 Å². The topological polar surface area (TPSA) is 38.9 Å². The first kappa shape index (κ1) is 14.0. The molecule has 2 aromatic carbocycles. The number of aromatic nitrogens is 2. The largest absolute Gasteiger partial charge is 0.440 e. The molecule has 0 amide bonds. The van der Waals surface area contributed by atoms with Gasteiger partial charge in [0.2, 0.25) is 0 Å². The molecule has 0 N–H and O–H groups in total. The van der Waals surface area contributed by atoms with Crippen molar-refractivity contribution in [1.29, 1.82) is 0 Å². The number of oxazole rings is 1. The molecule has 0 aliphatic rings. The third-order valence-electron chi connectivity index (χ3n) is 3.50. The van der Waals surface area contributed by atoms with E-state index in [1.54, 1.807) is 11.8 Å². The van der Waals surface area contributed by atoms with Crippen LogP contribution in [0.2, 0.25) is 0 Å². The monoisotopic (exact) mass is 318 g/mol. The van der Waals surface area contributed by atoms with Gasteiger partial charge in [0.25, 0.3) is 0 Å². The first-order valence-electron chi connectivity index (χ1n) is 7.38. The van der Waals surface area contributed by atoms with E-state index in [0.29, 0.717) is 6.42 Å². The Balaban J connectivity index is 1.49. The molecule has 0 atom stereocenters. The minimum Gasteiger partial charge on any atom is -0.440 e. The third kappa shape index (κ3) is 3.27. The summed E-state index contributed by atoms with van der Waals surface area (Å²) in [5.74, 6) is 0.751. The Morgan fingerprint density at radius 2 is 1.57 bits per heavy atom. The number of fused-ring (bicyclic) bond motifs is 1. The summed E-state index contributed by atoms with van der Waals surface area (Å²) in [6, 6.07) is 20.4. The Kier molecular flexibility index (Phi) is 3.82. The molecule has 0 saturated carbocycles. The molecule has 2 aromatic heterocycles. The molecule has 4 rings (SSSR count). The van der Waals surface area contributed by atoms with Crippen LogP contribution in [0.4, 0.5) is 0 Å². The minimum absolute atomic E-state index is 0.703. The predicted octanol–water partition coefficient (Wildman–Crippen LogP) is 4.96. The second-order valence-corrected chi connectivity index (χ2v) is 6.33. The number of hydrogen-bond acceptors (Lipinski definition) is 4. The number of para-hydroxylation sites is 2. The molecule has 0 saturated heterocycles. The van der Waals surface area contributed by atoms with E-state index < -0.39 is 0 Å². The van der Waals surface area contributed by atoms with Crippen molar-refractivity contribution < 1.29 is 4.42 Å². The van der Waals surface area contributed by atoms with Crippen LogP contribution < -0.4 is 0 Å². The first-order chi connectivity index (χ1) is 11.4. The highest BCUT2D eigenvalue weighted by Gasteiger charge is 2.06. The fourth-order valence-electron chi connectivity index (χ4n) is 2.39. The summed E-state index contributed by atoms with van der Waals surface area (Å²) in [6.45, 7) is 0. The van der Waals surface area contributed by atoms with E-state index in [-0.39, 0.29) is 0 Å². The summed E-state index contributed by atoms with van der Waals surface area (Å²) in [6.07, 6.45) is 4.32. The Morgan fingerprint density at radius 3 is 2.35 bits per heavy atom. The van der Waals surface area contributed by atoms with Gasteiger partial charge in [0.15, 0.2) is 11.5 Å². The molecule has 0 bridgehead atoms. The molecule has 4 aromatic rings. The van der Waals surface area contributed by atoms with Crippen LogP contribution in [0.1, 0.15) is 11.5 Å². The van der Waals surface area contributed by atoms with Crippen molar-refractivity contribution in [3.63, 3.8) is 0 Å².